The van der Waals surface area contributed by atoms with Gasteiger partial charge in [0.1, 0.15) is 17.9 Å². The minimum Gasteiger partial charge on any atom is -0.467 e. The van der Waals surface area contributed by atoms with Crippen molar-refractivity contribution in [3.63, 3.8) is 0 Å². The number of carbonyl (C=O) groups excluding carboxylic acids is 1. The van der Waals surface area contributed by atoms with E-state index in [9.17, 15) is 9.90 Å². The molecule has 0 bridgehead atoms. The number of rotatable bonds is 7. The number of ether oxygens (including phenoxy) is 1. The van der Waals surface area contributed by atoms with Crippen molar-refractivity contribution in [3.8, 4) is 0 Å². The molecule has 1 saturated carbocycles. The minimum atomic E-state index is -0.515. The van der Waals surface area contributed by atoms with Crippen LogP contribution in [0, 0.1) is 0 Å². The summed E-state index contributed by atoms with van der Waals surface area (Å²) in [5, 5.41) is 12.2. The summed E-state index contributed by atoms with van der Waals surface area (Å²) in [4.78, 5) is 12.2. The third kappa shape index (κ3) is 3.84. The van der Waals surface area contributed by atoms with E-state index in [1.165, 1.54) is 19.1 Å². The third-order valence-electron chi connectivity index (χ3n) is 3.71. The number of nitrogens with one attached hydrogen (secondary N) is 1. The van der Waals surface area contributed by atoms with Gasteiger partial charge in [-0.1, -0.05) is 19.8 Å². The topological polar surface area (TPSA) is 71.7 Å². The second-order valence-electron chi connectivity index (χ2n) is 5.20. The fraction of sp³-hybridized carbons (Fsp3) is 0.667. The van der Waals surface area contributed by atoms with Crippen molar-refractivity contribution in [2.75, 3.05) is 6.61 Å². The molecule has 1 amide bonds. The molecule has 5 nitrogen and oxygen atoms in total. The Morgan fingerprint density at radius 2 is 2.30 bits per heavy atom. The maximum Gasteiger partial charge on any atom is 0.249 e. The Kier molecular flexibility index (Phi) is 5.61. The highest BCUT2D eigenvalue weighted by Crippen LogP contribution is 2.23. The molecule has 0 aliphatic heterocycles. The molecule has 2 unspecified atom stereocenters. The number of aliphatic hydroxyl groups excluding tert-OH is 1. The molecule has 0 aromatic carbocycles. The normalized spacial score (nSPS) is 18.9. The number of hydrogen-bond acceptors (Lipinski definition) is 4. The fourth-order valence-electron chi connectivity index (χ4n) is 2.56. The zero-order valence-corrected chi connectivity index (χ0v) is 11.9. The summed E-state index contributed by atoms with van der Waals surface area (Å²) in [6.45, 7) is 1.74. The first-order chi connectivity index (χ1) is 9.74. The highest BCUT2D eigenvalue weighted by Gasteiger charge is 2.26. The van der Waals surface area contributed by atoms with Crippen molar-refractivity contribution in [2.45, 2.75) is 57.3 Å². The van der Waals surface area contributed by atoms with Crippen LogP contribution in [-0.2, 0) is 9.53 Å². The number of hydrogen-bond donors (Lipinski definition) is 2. The third-order valence-corrected chi connectivity index (χ3v) is 3.71. The predicted molar refractivity (Wildman–Crippen MR) is 74.1 cm³/mol. The maximum absolute atomic E-state index is 12.2. The van der Waals surface area contributed by atoms with Gasteiger partial charge in [-0.3, -0.25) is 4.79 Å². The van der Waals surface area contributed by atoms with Crippen LogP contribution in [0.3, 0.4) is 0 Å². The molecular formula is C15H23NO4. The largest absolute Gasteiger partial charge is 0.467 e. The molecule has 1 heterocycles. The van der Waals surface area contributed by atoms with Crippen molar-refractivity contribution < 1.29 is 19.1 Å². The highest BCUT2D eigenvalue weighted by molar-refractivity contribution is 5.81. The lowest BCUT2D eigenvalue weighted by Crippen LogP contribution is -2.40. The summed E-state index contributed by atoms with van der Waals surface area (Å²) in [7, 11) is 0. The molecule has 1 fully saturated rings. The summed E-state index contributed by atoms with van der Waals surface area (Å²) in [5.74, 6) is 0.367. The van der Waals surface area contributed by atoms with E-state index in [-0.39, 0.29) is 18.6 Å². The monoisotopic (exact) mass is 281 g/mol. The van der Waals surface area contributed by atoms with E-state index >= 15 is 0 Å². The molecule has 0 spiro atoms. The van der Waals surface area contributed by atoms with Gasteiger partial charge in [-0.2, -0.15) is 0 Å². The molecule has 1 aromatic rings. The van der Waals surface area contributed by atoms with Gasteiger partial charge in [0.15, 0.2) is 0 Å². The average Bonchev–Trinajstić information content (AvgIpc) is 3.14. The number of furan rings is 1. The van der Waals surface area contributed by atoms with Gasteiger partial charge >= 0.3 is 0 Å². The first-order valence-corrected chi connectivity index (χ1v) is 7.34. The van der Waals surface area contributed by atoms with Crippen molar-refractivity contribution in [2.24, 2.45) is 0 Å². The van der Waals surface area contributed by atoms with Crippen LogP contribution in [0.1, 0.15) is 50.8 Å². The van der Waals surface area contributed by atoms with Gasteiger partial charge in [0.2, 0.25) is 5.91 Å². The molecule has 1 aliphatic carbocycles. The second-order valence-corrected chi connectivity index (χ2v) is 5.20. The Bertz CT molecular complexity index is 398. The van der Waals surface area contributed by atoms with Gasteiger partial charge in [0, 0.05) is 0 Å². The van der Waals surface area contributed by atoms with Gasteiger partial charge in [-0.05, 0) is 31.4 Å². The van der Waals surface area contributed by atoms with E-state index in [0.717, 1.165) is 12.8 Å². The van der Waals surface area contributed by atoms with E-state index in [4.69, 9.17) is 9.15 Å². The van der Waals surface area contributed by atoms with Crippen molar-refractivity contribution in [1.29, 1.82) is 0 Å². The van der Waals surface area contributed by atoms with Crippen LogP contribution < -0.4 is 5.32 Å². The molecule has 2 rings (SSSR count). The lowest BCUT2D eigenvalue weighted by Gasteiger charge is -2.22. The van der Waals surface area contributed by atoms with Crippen LogP contribution in [0.15, 0.2) is 22.8 Å². The second kappa shape index (κ2) is 7.45. The van der Waals surface area contributed by atoms with Crippen LogP contribution in [0.2, 0.25) is 0 Å². The van der Waals surface area contributed by atoms with Gasteiger partial charge in [-0.25, -0.2) is 0 Å². The Balaban J connectivity index is 1.90. The maximum atomic E-state index is 12.2. The predicted octanol–water partition coefficient (Wildman–Crippen LogP) is 2.17. The molecule has 5 heteroatoms. The number of amides is 1. The Hall–Kier alpha value is -1.33. The quantitative estimate of drug-likeness (QED) is 0.803. The number of aliphatic hydroxyl groups is 1. The van der Waals surface area contributed by atoms with Crippen molar-refractivity contribution >= 4 is 5.91 Å². The van der Waals surface area contributed by atoms with Crippen LogP contribution in [-0.4, -0.2) is 29.8 Å². The Morgan fingerprint density at radius 1 is 1.55 bits per heavy atom. The first kappa shape index (κ1) is 15.1. The van der Waals surface area contributed by atoms with Gasteiger partial charge in [0.25, 0.3) is 0 Å². The van der Waals surface area contributed by atoms with Crippen LogP contribution in [0.5, 0.6) is 0 Å². The minimum absolute atomic E-state index is 0.185. The van der Waals surface area contributed by atoms with E-state index in [1.807, 2.05) is 6.92 Å². The number of carbonyl (C=O) groups is 1. The van der Waals surface area contributed by atoms with E-state index in [1.54, 1.807) is 12.1 Å². The zero-order chi connectivity index (χ0) is 14.4. The van der Waals surface area contributed by atoms with E-state index in [0.29, 0.717) is 12.2 Å². The van der Waals surface area contributed by atoms with Gasteiger partial charge < -0.3 is 19.6 Å². The molecule has 0 saturated heterocycles. The van der Waals surface area contributed by atoms with E-state index in [2.05, 4.69) is 5.32 Å². The van der Waals surface area contributed by atoms with Crippen molar-refractivity contribution in [3.05, 3.63) is 24.2 Å². The SMILES string of the molecule is CCC(OC1CCCC1)C(=O)NC(CO)c1ccco1. The summed E-state index contributed by atoms with van der Waals surface area (Å²) < 4.78 is 11.1. The lowest BCUT2D eigenvalue weighted by atomic mass is 10.2. The first-order valence-electron chi connectivity index (χ1n) is 7.34. The van der Waals surface area contributed by atoms with Gasteiger partial charge in [-0.15, -0.1) is 0 Å². The average molecular weight is 281 g/mol. The molecule has 1 aromatic heterocycles. The smallest absolute Gasteiger partial charge is 0.249 e. The van der Waals surface area contributed by atoms with Crippen molar-refractivity contribution in [1.82, 2.24) is 5.32 Å². The molecular weight excluding hydrogens is 258 g/mol. The van der Waals surface area contributed by atoms with E-state index < -0.39 is 12.1 Å². The molecule has 0 radical (unpaired) electrons. The fourth-order valence-corrected chi connectivity index (χ4v) is 2.56. The highest BCUT2D eigenvalue weighted by atomic mass is 16.5. The summed E-state index contributed by atoms with van der Waals surface area (Å²) in [6, 6.07) is 2.95. The zero-order valence-electron chi connectivity index (χ0n) is 11.9. The van der Waals surface area contributed by atoms with Crippen LogP contribution in [0.4, 0.5) is 0 Å². The summed E-state index contributed by atoms with van der Waals surface area (Å²) in [6.07, 6.45) is 6.30. The standard InChI is InChI=1S/C15H23NO4/c1-2-13(20-11-6-3-4-7-11)15(18)16-12(10-17)14-8-5-9-19-14/h5,8-9,11-13,17H,2-4,6-7,10H2,1H3,(H,16,18). The molecule has 112 valence electrons. The summed E-state index contributed by atoms with van der Waals surface area (Å²) >= 11 is 0. The summed E-state index contributed by atoms with van der Waals surface area (Å²) in [5.41, 5.74) is 0. The molecule has 20 heavy (non-hydrogen) atoms. The Morgan fingerprint density at radius 3 is 2.85 bits per heavy atom. The molecule has 2 N–H and O–H groups in total. The lowest BCUT2D eigenvalue weighted by molar-refractivity contribution is -0.138. The van der Waals surface area contributed by atoms with Crippen LogP contribution >= 0.6 is 0 Å². The molecule has 2 atom stereocenters. The molecule has 1 aliphatic rings. The van der Waals surface area contributed by atoms with Crippen LogP contribution in [0.25, 0.3) is 0 Å². The Labute approximate surface area is 119 Å². The van der Waals surface area contributed by atoms with Gasteiger partial charge in [0.05, 0.1) is 19.0 Å².